The standard InChI is InChI=1S/C48H51F5N6O11/c1-25(2)41(58-43(61)34(57-26(3)60)15-8-9-21-56-47(66)68-24-33-31-13-6-4-11-29(31)30-12-5-7-14-32(30)33)44(62)59(35(45(63)64)16-10-22-55-46(54)65)28-19-17-27(18-20-28)23-69-48(67)70-42-39(52)37(50)36(49)38(51)40(42)53/h4-7,11-14,17-20,25,33-35,41H,8-10,15-16,21-24H2,1-3H3,(H,56,66)(H,57,60)(H,58,61)(H,63,64)(H3,54,55,65)/t34-,35-,41-/m0/s1. The second-order valence-corrected chi connectivity index (χ2v) is 16.4. The van der Waals surface area contributed by atoms with E-state index in [9.17, 15) is 60.6 Å². The van der Waals surface area contributed by atoms with Crippen molar-refractivity contribution >= 4 is 47.7 Å². The van der Waals surface area contributed by atoms with Gasteiger partial charge >= 0.3 is 24.2 Å². The Hall–Kier alpha value is -7.78. The van der Waals surface area contributed by atoms with Gasteiger partial charge in [-0.2, -0.15) is 8.78 Å². The fourth-order valence-electron chi connectivity index (χ4n) is 7.76. The van der Waals surface area contributed by atoms with Crippen molar-refractivity contribution in [1.29, 1.82) is 0 Å². The summed E-state index contributed by atoms with van der Waals surface area (Å²) in [5.41, 5.74) is 9.48. The molecule has 0 saturated heterocycles. The number of hydrogen-bond acceptors (Lipinski definition) is 10. The third-order valence-corrected chi connectivity index (χ3v) is 11.2. The first-order chi connectivity index (χ1) is 33.3. The molecular weight excluding hydrogens is 932 g/mol. The molecule has 22 heteroatoms. The second-order valence-electron chi connectivity index (χ2n) is 16.4. The molecule has 6 amide bonds. The van der Waals surface area contributed by atoms with Crippen molar-refractivity contribution in [2.75, 3.05) is 24.6 Å². The molecule has 17 nitrogen and oxygen atoms in total. The Morgan fingerprint density at radius 2 is 1.29 bits per heavy atom. The molecule has 0 radical (unpaired) electrons. The zero-order chi connectivity index (χ0) is 51.2. The van der Waals surface area contributed by atoms with Crippen LogP contribution in [0.4, 0.5) is 42.0 Å². The second kappa shape index (κ2) is 24.5. The number of carboxylic acids is 1. The Labute approximate surface area is 398 Å². The van der Waals surface area contributed by atoms with E-state index in [1.165, 1.54) is 31.2 Å². The molecule has 0 fully saturated rings. The minimum Gasteiger partial charge on any atom is -0.480 e. The van der Waals surface area contributed by atoms with E-state index in [1.54, 1.807) is 13.8 Å². The number of rotatable bonds is 22. The lowest BCUT2D eigenvalue weighted by atomic mass is 9.98. The maximum atomic E-state index is 14.6. The number of nitrogens with zero attached hydrogens (tertiary/aromatic N) is 1. The number of unbranched alkanes of at least 4 members (excludes halogenated alkanes) is 1. The van der Waals surface area contributed by atoms with Crippen LogP contribution in [0, 0.1) is 35.0 Å². The number of amides is 6. The molecule has 0 saturated carbocycles. The summed E-state index contributed by atoms with van der Waals surface area (Å²) in [5, 5.41) is 20.7. The van der Waals surface area contributed by atoms with Gasteiger partial charge in [0.25, 0.3) is 5.91 Å². The number of alkyl carbamates (subject to hydrolysis) is 1. The molecule has 0 aromatic heterocycles. The highest BCUT2D eigenvalue weighted by Crippen LogP contribution is 2.44. The van der Waals surface area contributed by atoms with Gasteiger partial charge in [0, 0.05) is 31.6 Å². The van der Waals surface area contributed by atoms with E-state index < -0.39 is 107 Å². The van der Waals surface area contributed by atoms with Gasteiger partial charge in [-0.05, 0) is 78.0 Å². The fourth-order valence-corrected chi connectivity index (χ4v) is 7.76. The number of nitrogens with one attached hydrogen (secondary N) is 4. The summed E-state index contributed by atoms with van der Waals surface area (Å²) < 4.78 is 83.3. The van der Waals surface area contributed by atoms with Gasteiger partial charge in [0.1, 0.15) is 31.3 Å². The number of benzene rings is 4. The van der Waals surface area contributed by atoms with Crippen LogP contribution in [-0.4, -0.2) is 84.9 Å². The van der Waals surface area contributed by atoms with Crippen LogP contribution in [0.15, 0.2) is 72.8 Å². The summed E-state index contributed by atoms with van der Waals surface area (Å²) in [4.78, 5) is 90.7. The molecule has 7 N–H and O–H groups in total. The summed E-state index contributed by atoms with van der Waals surface area (Å²) in [6, 6.07) is 15.8. The van der Waals surface area contributed by atoms with Crippen molar-refractivity contribution in [2.45, 2.75) is 83.5 Å². The lowest BCUT2D eigenvalue weighted by Crippen LogP contribution is -2.58. The zero-order valence-corrected chi connectivity index (χ0v) is 38.1. The number of hydrogen-bond donors (Lipinski definition) is 6. The number of primary amides is 1. The Morgan fingerprint density at radius 3 is 1.84 bits per heavy atom. The number of fused-ring (bicyclic) bond motifs is 3. The number of halogens is 5. The van der Waals surface area contributed by atoms with Crippen LogP contribution in [-0.2, 0) is 35.3 Å². The summed E-state index contributed by atoms with van der Waals surface area (Å²) in [7, 11) is 0. The average molecular weight is 983 g/mol. The SMILES string of the molecule is CC(=O)N[C@@H](CCCCNC(=O)OCC1c2ccccc2-c2ccccc21)C(=O)N[C@H](C(=O)N(c1ccc(COC(=O)Oc2c(F)c(F)c(F)c(F)c2F)cc1)[C@@H](CCCNC(N)=O)C(=O)O)C(C)C. The highest BCUT2D eigenvalue weighted by Gasteiger charge is 2.38. The van der Waals surface area contributed by atoms with Crippen LogP contribution in [0.2, 0.25) is 0 Å². The zero-order valence-electron chi connectivity index (χ0n) is 38.1. The van der Waals surface area contributed by atoms with E-state index >= 15 is 0 Å². The van der Waals surface area contributed by atoms with Crippen LogP contribution in [0.3, 0.4) is 0 Å². The molecule has 5 rings (SSSR count). The van der Waals surface area contributed by atoms with Crippen molar-refractivity contribution in [2.24, 2.45) is 11.7 Å². The van der Waals surface area contributed by atoms with Crippen molar-refractivity contribution in [3.05, 3.63) is 119 Å². The molecule has 4 aromatic rings. The van der Waals surface area contributed by atoms with Gasteiger partial charge in [-0.3, -0.25) is 19.3 Å². The van der Waals surface area contributed by atoms with Gasteiger partial charge in [0.2, 0.25) is 46.6 Å². The number of urea groups is 1. The summed E-state index contributed by atoms with van der Waals surface area (Å²) in [6.07, 6.45) is -1.95. The Balaban J connectivity index is 1.23. The first kappa shape index (κ1) is 53.2. The molecule has 0 bridgehead atoms. The van der Waals surface area contributed by atoms with Crippen molar-refractivity contribution < 1.29 is 74.8 Å². The third-order valence-electron chi connectivity index (χ3n) is 11.2. The molecule has 1 aliphatic carbocycles. The topological polar surface area (TPSA) is 245 Å². The Kier molecular flexibility index (Phi) is 18.6. The molecular formula is C48H51F5N6O11. The molecule has 4 aromatic carbocycles. The van der Waals surface area contributed by atoms with Gasteiger partial charge in [0.05, 0.1) is 0 Å². The molecule has 374 valence electrons. The lowest BCUT2D eigenvalue weighted by molar-refractivity contribution is -0.141. The van der Waals surface area contributed by atoms with Crippen LogP contribution >= 0.6 is 0 Å². The molecule has 70 heavy (non-hydrogen) atoms. The number of nitrogens with two attached hydrogens (primary N) is 1. The van der Waals surface area contributed by atoms with Crippen molar-refractivity contribution in [1.82, 2.24) is 21.3 Å². The lowest BCUT2D eigenvalue weighted by Gasteiger charge is -2.34. The summed E-state index contributed by atoms with van der Waals surface area (Å²) in [5.74, 6) is -18.4. The van der Waals surface area contributed by atoms with Crippen LogP contribution < -0.4 is 36.6 Å². The number of carboxylic acid groups (broad SMARTS) is 1. The Bertz CT molecular complexity index is 2510. The molecule has 0 unspecified atom stereocenters. The maximum Gasteiger partial charge on any atom is 0.514 e. The van der Waals surface area contributed by atoms with Gasteiger partial charge in [-0.1, -0.05) is 74.5 Å². The third kappa shape index (κ3) is 13.5. The molecule has 0 heterocycles. The number of carbonyl (C=O) groups is 7. The van der Waals surface area contributed by atoms with E-state index in [0.29, 0.717) is 12.8 Å². The highest BCUT2D eigenvalue weighted by molar-refractivity contribution is 6.04. The minimum absolute atomic E-state index is 0.0141. The predicted molar refractivity (Wildman–Crippen MR) is 241 cm³/mol. The normalized spacial score (nSPS) is 12.9. The minimum atomic E-state index is -2.47. The largest absolute Gasteiger partial charge is 0.514 e. The summed E-state index contributed by atoms with van der Waals surface area (Å²) in [6.45, 7) is 3.88. The van der Waals surface area contributed by atoms with E-state index in [2.05, 4.69) is 26.0 Å². The Morgan fingerprint density at radius 1 is 0.714 bits per heavy atom. The molecule has 3 atom stereocenters. The number of anilines is 1. The average Bonchev–Trinajstić information content (AvgIpc) is 3.65. The van der Waals surface area contributed by atoms with Crippen LogP contribution in [0.25, 0.3) is 11.1 Å². The van der Waals surface area contributed by atoms with E-state index in [4.69, 9.17) is 15.2 Å². The fraction of sp³-hybridized carbons (Fsp3) is 0.354. The van der Waals surface area contributed by atoms with Gasteiger partial charge in [0.15, 0.2) is 0 Å². The predicted octanol–water partition coefficient (Wildman–Crippen LogP) is 6.69. The first-order valence-electron chi connectivity index (χ1n) is 22.0. The van der Waals surface area contributed by atoms with Crippen LogP contribution in [0.1, 0.15) is 75.5 Å². The maximum absolute atomic E-state index is 14.6. The van der Waals surface area contributed by atoms with E-state index in [0.717, 1.165) is 27.2 Å². The van der Waals surface area contributed by atoms with E-state index in [1.807, 2.05) is 48.5 Å². The number of ether oxygens (including phenoxy) is 3. The van der Waals surface area contributed by atoms with Crippen molar-refractivity contribution in [3.8, 4) is 16.9 Å². The van der Waals surface area contributed by atoms with Gasteiger partial charge in [-0.15, -0.1) is 0 Å². The van der Waals surface area contributed by atoms with Gasteiger partial charge < -0.3 is 46.3 Å². The smallest absolute Gasteiger partial charge is 0.480 e. The number of aliphatic carboxylic acids is 1. The molecule has 0 aliphatic heterocycles. The van der Waals surface area contributed by atoms with Crippen LogP contribution in [0.5, 0.6) is 5.75 Å². The highest BCUT2D eigenvalue weighted by atomic mass is 19.2. The van der Waals surface area contributed by atoms with E-state index in [-0.39, 0.29) is 56.1 Å². The molecule has 0 spiro atoms. The quantitative estimate of drug-likeness (QED) is 0.0121. The van der Waals surface area contributed by atoms with Gasteiger partial charge in [-0.25, -0.2) is 32.3 Å². The monoisotopic (exact) mass is 982 g/mol. The molecule has 1 aliphatic rings. The number of carbonyl (C=O) groups excluding carboxylic acids is 6. The first-order valence-corrected chi connectivity index (χ1v) is 22.0. The summed E-state index contributed by atoms with van der Waals surface area (Å²) >= 11 is 0. The van der Waals surface area contributed by atoms with Crippen molar-refractivity contribution in [3.63, 3.8) is 0 Å².